The van der Waals surface area contributed by atoms with Crippen molar-refractivity contribution >= 4 is 18.2 Å². The highest BCUT2D eigenvalue weighted by Crippen LogP contribution is 2.37. The molecule has 1 saturated heterocycles. The highest BCUT2D eigenvalue weighted by molar-refractivity contribution is 5.85. The molecule has 0 aromatic carbocycles. The molecular weight excluding hydrogens is 346 g/mol. The van der Waals surface area contributed by atoms with E-state index in [0.29, 0.717) is 5.92 Å². The molecule has 5 nitrogen and oxygen atoms in total. The SMILES string of the molecule is CC(C)(C)c1nc(C2CCC2)cc(N2CCN(CCCCN)CC2)n1.Cl. The Hall–Kier alpha value is -0.910. The van der Waals surface area contributed by atoms with Crippen molar-refractivity contribution in [2.24, 2.45) is 5.73 Å². The topological polar surface area (TPSA) is 58.3 Å². The quantitative estimate of drug-likeness (QED) is 0.766. The zero-order valence-corrected chi connectivity index (χ0v) is 17.5. The summed E-state index contributed by atoms with van der Waals surface area (Å²) >= 11 is 0. The standard InChI is InChI=1S/C20H35N5.ClH/c1-20(2,3)19-22-17(16-7-6-8-16)15-18(23-19)25-13-11-24(12-14-25)10-5-4-9-21;/h15-16H,4-14,21H2,1-3H3;1H. The lowest BCUT2D eigenvalue weighted by Crippen LogP contribution is -2.47. The van der Waals surface area contributed by atoms with Crippen molar-refractivity contribution in [1.82, 2.24) is 14.9 Å². The summed E-state index contributed by atoms with van der Waals surface area (Å²) in [6.45, 7) is 13.0. The van der Waals surface area contributed by atoms with Crippen LogP contribution in [0.2, 0.25) is 0 Å². The Morgan fingerprint density at radius 1 is 1.08 bits per heavy atom. The summed E-state index contributed by atoms with van der Waals surface area (Å²) in [5.74, 6) is 2.79. The molecule has 1 aromatic heterocycles. The number of halogens is 1. The molecule has 0 spiro atoms. The van der Waals surface area contributed by atoms with Crippen LogP contribution in [0.15, 0.2) is 6.07 Å². The summed E-state index contributed by atoms with van der Waals surface area (Å²) in [4.78, 5) is 14.9. The van der Waals surface area contributed by atoms with Gasteiger partial charge in [-0.3, -0.25) is 4.90 Å². The van der Waals surface area contributed by atoms with Gasteiger partial charge in [-0.05, 0) is 38.8 Å². The Morgan fingerprint density at radius 3 is 2.31 bits per heavy atom. The van der Waals surface area contributed by atoms with Crippen LogP contribution in [0.1, 0.15) is 70.3 Å². The summed E-state index contributed by atoms with van der Waals surface area (Å²) in [5, 5.41) is 0. The van der Waals surface area contributed by atoms with Crippen molar-refractivity contribution in [3.8, 4) is 0 Å². The van der Waals surface area contributed by atoms with Crippen LogP contribution in [0, 0.1) is 0 Å². The first kappa shape index (κ1) is 21.4. The number of nitrogens with zero attached hydrogens (tertiary/aromatic N) is 4. The van der Waals surface area contributed by atoms with Crippen LogP contribution in [0.25, 0.3) is 0 Å². The van der Waals surface area contributed by atoms with E-state index in [1.807, 2.05) is 0 Å². The Bertz CT molecular complexity index is 560. The van der Waals surface area contributed by atoms with E-state index in [4.69, 9.17) is 15.7 Å². The maximum absolute atomic E-state index is 5.61. The van der Waals surface area contributed by atoms with E-state index in [0.717, 1.165) is 50.8 Å². The molecule has 1 saturated carbocycles. The number of piperazine rings is 1. The monoisotopic (exact) mass is 381 g/mol. The number of anilines is 1. The van der Waals surface area contributed by atoms with E-state index in [-0.39, 0.29) is 17.8 Å². The fourth-order valence-corrected chi connectivity index (χ4v) is 3.54. The first-order valence-electron chi connectivity index (χ1n) is 10.0. The van der Waals surface area contributed by atoms with Gasteiger partial charge in [0, 0.05) is 49.3 Å². The third kappa shape index (κ3) is 5.30. The number of hydrogen-bond donors (Lipinski definition) is 1. The number of nitrogens with two attached hydrogens (primary N) is 1. The average molecular weight is 382 g/mol. The maximum Gasteiger partial charge on any atom is 0.136 e. The molecule has 0 radical (unpaired) electrons. The molecule has 2 N–H and O–H groups in total. The molecule has 1 aliphatic heterocycles. The first-order valence-corrected chi connectivity index (χ1v) is 10.0. The lowest BCUT2D eigenvalue weighted by molar-refractivity contribution is 0.252. The van der Waals surface area contributed by atoms with Crippen molar-refractivity contribution in [2.45, 2.75) is 64.2 Å². The van der Waals surface area contributed by atoms with E-state index >= 15 is 0 Å². The fourth-order valence-electron chi connectivity index (χ4n) is 3.54. The molecule has 6 heteroatoms. The minimum Gasteiger partial charge on any atom is -0.354 e. The molecule has 2 fully saturated rings. The summed E-state index contributed by atoms with van der Waals surface area (Å²) in [7, 11) is 0. The number of unbranched alkanes of at least 4 members (excludes halogenated alkanes) is 1. The van der Waals surface area contributed by atoms with E-state index in [2.05, 4.69) is 36.6 Å². The van der Waals surface area contributed by atoms with Gasteiger partial charge in [-0.15, -0.1) is 12.4 Å². The lowest BCUT2D eigenvalue weighted by Gasteiger charge is -2.36. The summed E-state index contributed by atoms with van der Waals surface area (Å²) in [6.07, 6.45) is 6.26. The second-order valence-electron chi connectivity index (χ2n) is 8.68. The van der Waals surface area contributed by atoms with Gasteiger partial charge in [0.2, 0.25) is 0 Å². The van der Waals surface area contributed by atoms with Gasteiger partial charge < -0.3 is 10.6 Å². The summed E-state index contributed by atoms with van der Waals surface area (Å²) in [5.41, 5.74) is 6.87. The summed E-state index contributed by atoms with van der Waals surface area (Å²) in [6, 6.07) is 2.27. The van der Waals surface area contributed by atoms with Crippen molar-refractivity contribution in [2.75, 3.05) is 44.2 Å². The largest absolute Gasteiger partial charge is 0.354 e. The predicted octanol–water partition coefficient (Wildman–Crippen LogP) is 3.32. The Morgan fingerprint density at radius 2 is 1.77 bits per heavy atom. The van der Waals surface area contributed by atoms with Crippen molar-refractivity contribution in [3.63, 3.8) is 0 Å². The fraction of sp³-hybridized carbons (Fsp3) is 0.800. The van der Waals surface area contributed by atoms with Crippen LogP contribution in [0.4, 0.5) is 5.82 Å². The Labute approximate surface area is 165 Å². The van der Waals surface area contributed by atoms with E-state index in [9.17, 15) is 0 Å². The van der Waals surface area contributed by atoms with Crippen LogP contribution >= 0.6 is 12.4 Å². The number of hydrogen-bond acceptors (Lipinski definition) is 5. The van der Waals surface area contributed by atoms with Gasteiger partial charge in [0.25, 0.3) is 0 Å². The lowest BCUT2D eigenvalue weighted by atomic mass is 9.82. The molecular formula is C20H36ClN5. The Kier molecular flexibility index (Phi) is 7.68. The second kappa shape index (κ2) is 9.34. The van der Waals surface area contributed by atoms with Gasteiger partial charge in [-0.2, -0.15) is 0 Å². The molecule has 2 heterocycles. The van der Waals surface area contributed by atoms with Gasteiger partial charge in [-0.1, -0.05) is 27.2 Å². The normalized spacial score (nSPS) is 19.2. The van der Waals surface area contributed by atoms with E-state index in [1.165, 1.54) is 37.9 Å². The van der Waals surface area contributed by atoms with Crippen LogP contribution in [-0.2, 0) is 5.41 Å². The molecule has 1 aromatic rings. The third-order valence-electron chi connectivity index (χ3n) is 5.55. The second-order valence-corrected chi connectivity index (χ2v) is 8.68. The number of rotatable bonds is 6. The Balaban J connectivity index is 0.00000243. The number of aromatic nitrogens is 2. The van der Waals surface area contributed by atoms with Crippen LogP contribution in [0.5, 0.6) is 0 Å². The van der Waals surface area contributed by atoms with Gasteiger partial charge in [0.15, 0.2) is 0 Å². The predicted molar refractivity (Wildman–Crippen MR) is 112 cm³/mol. The van der Waals surface area contributed by atoms with Gasteiger partial charge in [-0.25, -0.2) is 9.97 Å². The third-order valence-corrected chi connectivity index (χ3v) is 5.55. The molecule has 1 aliphatic carbocycles. The van der Waals surface area contributed by atoms with Gasteiger partial charge in [0.1, 0.15) is 11.6 Å². The molecule has 26 heavy (non-hydrogen) atoms. The van der Waals surface area contributed by atoms with Crippen molar-refractivity contribution < 1.29 is 0 Å². The van der Waals surface area contributed by atoms with Gasteiger partial charge >= 0.3 is 0 Å². The molecule has 148 valence electrons. The molecule has 0 amide bonds. The van der Waals surface area contributed by atoms with Crippen LogP contribution < -0.4 is 10.6 Å². The molecule has 0 bridgehead atoms. The summed E-state index contributed by atoms with van der Waals surface area (Å²) < 4.78 is 0. The molecule has 2 aliphatic rings. The zero-order valence-electron chi connectivity index (χ0n) is 16.7. The molecule has 0 atom stereocenters. The zero-order chi connectivity index (χ0) is 17.9. The molecule has 0 unspecified atom stereocenters. The van der Waals surface area contributed by atoms with E-state index < -0.39 is 0 Å². The van der Waals surface area contributed by atoms with Crippen molar-refractivity contribution in [3.05, 3.63) is 17.6 Å². The highest BCUT2D eigenvalue weighted by Gasteiger charge is 2.27. The minimum atomic E-state index is -0.00144. The van der Waals surface area contributed by atoms with Crippen LogP contribution in [-0.4, -0.2) is 54.1 Å². The first-order chi connectivity index (χ1) is 12.0. The average Bonchev–Trinajstić information content (AvgIpc) is 2.53. The highest BCUT2D eigenvalue weighted by atomic mass is 35.5. The smallest absolute Gasteiger partial charge is 0.136 e. The minimum absolute atomic E-state index is 0. The van der Waals surface area contributed by atoms with Crippen molar-refractivity contribution in [1.29, 1.82) is 0 Å². The van der Waals surface area contributed by atoms with Crippen LogP contribution in [0.3, 0.4) is 0 Å². The molecule has 3 rings (SSSR count). The van der Waals surface area contributed by atoms with Gasteiger partial charge in [0.05, 0.1) is 0 Å². The maximum atomic E-state index is 5.61. The van der Waals surface area contributed by atoms with E-state index in [1.54, 1.807) is 0 Å².